The molecule has 0 aromatic carbocycles. The minimum atomic E-state index is -1.14. The largest absolute Gasteiger partial charge is 0.444 e. The Bertz CT molecular complexity index is 1300. The fourth-order valence-corrected chi connectivity index (χ4v) is 5.41. The van der Waals surface area contributed by atoms with Crippen LogP contribution >= 0.6 is 0 Å². The number of aromatic nitrogens is 5. The highest BCUT2D eigenvalue weighted by molar-refractivity contribution is 6.76. The first-order chi connectivity index (χ1) is 17.9. The van der Waals surface area contributed by atoms with Gasteiger partial charge in [0, 0.05) is 51.1 Å². The maximum absolute atomic E-state index is 12.6. The Balaban J connectivity index is 1.51. The van der Waals surface area contributed by atoms with Gasteiger partial charge in [-0.3, -0.25) is 4.68 Å². The van der Waals surface area contributed by atoms with Crippen molar-refractivity contribution in [1.82, 2.24) is 29.2 Å². The first-order valence-electron chi connectivity index (χ1n) is 13.2. The van der Waals surface area contributed by atoms with Crippen molar-refractivity contribution in [3.63, 3.8) is 0 Å². The molecule has 4 rings (SSSR count). The second-order valence-electron chi connectivity index (χ2n) is 12.3. The second-order valence-corrected chi connectivity index (χ2v) is 17.9. The van der Waals surface area contributed by atoms with Crippen molar-refractivity contribution in [2.75, 3.05) is 19.7 Å². The third kappa shape index (κ3) is 6.42. The highest BCUT2D eigenvalue weighted by Gasteiger charge is 2.39. The highest BCUT2D eigenvalue weighted by Crippen LogP contribution is 2.35. The average Bonchev–Trinajstić information content (AvgIpc) is 3.49. The molecule has 1 aliphatic heterocycles. The molecule has 0 saturated carbocycles. The minimum absolute atomic E-state index is 0.306. The first kappa shape index (κ1) is 27.8. The maximum atomic E-state index is 12.6. The van der Waals surface area contributed by atoms with E-state index in [1.807, 2.05) is 48.5 Å². The van der Waals surface area contributed by atoms with Crippen LogP contribution in [-0.4, -0.2) is 68.7 Å². The van der Waals surface area contributed by atoms with Gasteiger partial charge in [0.05, 0.1) is 29.9 Å². The summed E-state index contributed by atoms with van der Waals surface area (Å²) < 4.78 is 15.4. The molecule has 0 N–H and O–H groups in total. The maximum Gasteiger partial charge on any atom is 0.410 e. The number of likely N-dealkylation sites (tertiary alicyclic amines) is 1. The van der Waals surface area contributed by atoms with Crippen LogP contribution in [0, 0.1) is 11.3 Å². The van der Waals surface area contributed by atoms with Crippen LogP contribution in [0.1, 0.15) is 40.0 Å². The van der Waals surface area contributed by atoms with Gasteiger partial charge < -0.3 is 18.9 Å². The molecule has 204 valence electrons. The molecule has 0 atom stereocenters. The zero-order valence-electron chi connectivity index (χ0n) is 23.4. The number of amides is 1. The van der Waals surface area contributed by atoms with Gasteiger partial charge in [-0.15, -0.1) is 0 Å². The average molecular weight is 538 g/mol. The zero-order valence-corrected chi connectivity index (χ0v) is 24.4. The molecule has 0 spiro atoms. The number of carbonyl (C=O) groups excluding carboxylic acids is 1. The van der Waals surface area contributed by atoms with E-state index in [0.29, 0.717) is 39.1 Å². The zero-order chi connectivity index (χ0) is 27.6. The predicted octanol–water partition coefficient (Wildman–Crippen LogP) is 5.25. The number of nitriles is 1. The van der Waals surface area contributed by atoms with Gasteiger partial charge in [0.15, 0.2) is 0 Å². The molecule has 4 heterocycles. The van der Waals surface area contributed by atoms with Crippen molar-refractivity contribution in [3.05, 3.63) is 31.0 Å². The van der Waals surface area contributed by atoms with Crippen LogP contribution in [0.2, 0.25) is 25.7 Å². The third-order valence-electron chi connectivity index (χ3n) is 6.88. The van der Waals surface area contributed by atoms with Crippen molar-refractivity contribution in [1.29, 1.82) is 5.26 Å². The molecule has 0 unspecified atom stereocenters. The molecule has 0 aliphatic carbocycles. The lowest BCUT2D eigenvalue weighted by molar-refractivity contribution is 0.0105. The number of carbonyl (C=O) groups is 1. The van der Waals surface area contributed by atoms with Crippen molar-refractivity contribution >= 4 is 25.2 Å². The van der Waals surface area contributed by atoms with Crippen molar-refractivity contribution < 1.29 is 14.3 Å². The van der Waals surface area contributed by atoms with Crippen LogP contribution in [0.3, 0.4) is 0 Å². The Morgan fingerprint density at radius 3 is 2.61 bits per heavy atom. The molecule has 3 aromatic heterocycles. The van der Waals surface area contributed by atoms with E-state index < -0.39 is 19.2 Å². The number of piperidine rings is 1. The Hall–Kier alpha value is -3.23. The lowest BCUT2D eigenvalue weighted by Crippen LogP contribution is -2.49. The molecule has 10 nitrogen and oxygen atoms in total. The number of hydrogen-bond donors (Lipinski definition) is 0. The molecule has 1 amide bonds. The number of rotatable bonds is 8. The number of ether oxygens (including phenoxy) is 2. The lowest BCUT2D eigenvalue weighted by atomic mass is 9.85. The normalized spacial score (nSPS) is 16.0. The fourth-order valence-electron chi connectivity index (χ4n) is 4.65. The Labute approximate surface area is 225 Å². The molecule has 1 saturated heterocycles. The number of hydrogen-bond acceptors (Lipinski definition) is 7. The van der Waals surface area contributed by atoms with Gasteiger partial charge in [0.1, 0.15) is 24.3 Å². The monoisotopic (exact) mass is 537 g/mol. The summed E-state index contributed by atoms with van der Waals surface area (Å²) in [7, 11) is -1.14. The van der Waals surface area contributed by atoms with Crippen LogP contribution in [0.15, 0.2) is 31.0 Å². The van der Waals surface area contributed by atoms with Crippen molar-refractivity contribution in [2.24, 2.45) is 0 Å². The summed E-state index contributed by atoms with van der Waals surface area (Å²) in [5.74, 6) is 0. The summed E-state index contributed by atoms with van der Waals surface area (Å²) in [6.45, 7) is 14.8. The van der Waals surface area contributed by atoms with E-state index >= 15 is 0 Å². The summed E-state index contributed by atoms with van der Waals surface area (Å²) in [4.78, 5) is 23.3. The van der Waals surface area contributed by atoms with E-state index in [0.717, 1.165) is 34.9 Å². The van der Waals surface area contributed by atoms with E-state index in [9.17, 15) is 10.1 Å². The van der Waals surface area contributed by atoms with E-state index in [1.54, 1.807) is 17.4 Å². The summed E-state index contributed by atoms with van der Waals surface area (Å²) in [5.41, 5.74) is 1.43. The van der Waals surface area contributed by atoms with Gasteiger partial charge in [0.25, 0.3) is 0 Å². The highest BCUT2D eigenvalue weighted by atomic mass is 28.3. The topological polar surface area (TPSA) is 111 Å². The molecular formula is C27H39N7O3Si. The molecular weight excluding hydrogens is 498 g/mol. The van der Waals surface area contributed by atoms with Crippen LogP contribution in [-0.2, 0) is 21.7 Å². The third-order valence-corrected chi connectivity index (χ3v) is 8.58. The predicted molar refractivity (Wildman–Crippen MR) is 148 cm³/mol. The number of fused-ring (bicyclic) bond motifs is 1. The number of nitrogens with zero attached hydrogens (tertiary/aromatic N) is 7. The SMILES string of the molecule is CC(C)(C)OC(=O)N1CCC(CC#N)(n2cc(-c3ncnc4c3ccn4COCC[Si](C)(C)C)cn2)CC1. The molecule has 11 heteroatoms. The van der Waals surface area contributed by atoms with Gasteiger partial charge in [0.2, 0.25) is 0 Å². The van der Waals surface area contributed by atoms with E-state index in [-0.39, 0.29) is 6.09 Å². The first-order valence-corrected chi connectivity index (χ1v) is 16.9. The molecule has 3 aromatic rings. The molecule has 0 bridgehead atoms. The minimum Gasteiger partial charge on any atom is -0.444 e. The van der Waals surface area contributed by atoms with E-state index in [1.165, 1.54) is 0 Å². The Morgan fingerprint density at radius 1 is 1.21 bits per heavy atom. The fraction of sp³-hybridized carbons (Fsp3) is 0.593. The van der Waals surface area contributed by atoms with Crippen LogP contribution < -0.4 is 0 Å². The lowest BCUT2D eigenvalue weighted by Gasteiger charge is -2.40. The molecule has 1 fully saturated rings. The van der Waals surface area contributed by atoms with Gasteiger partial charge in [-0.2, -0.15) is 10.4 Å². The van der Waals surface area contributed by atoms with Gasteiger partial charge in [-0.25, -0.2) is 14.8 Å². The Kier molecular flexibility index (Phi) is 7.95. The molecule has 38 heavy (non-hydrogen) atoms. The second kappa shape index (κ2) is 10.9. The van der Waals surface area contributed by atoms with Crippen LogP contribution in [0.4, 0.5) is 4.79 Å². The van der Waals surface area contributed by atoms with Gasteiger partial charge >= 0.3 is 6.09 Å². The van der Waals surface area contributed by atoms with Gasteiger partial charge in [-0.1, -0.05) is 19.6 Å². The quantitative estimate of drug-likeness (QED) is 0.285. The molecule has 0 radical (unpaired) electrons. The van der Waals surface area contributed by atoms with Crippen LogP contribution in [0.25, 0.3) is 22.3 Å². The summed E-state index contributed by atoms with van der Waals surface area (Å²) in [6.07, 6.45) is 8.52. The van der Waals surface area contributed by atoms with Gasteiger partial charge in [-0.05, 0) is 45.7 Å². The summed E-state index contributed by atoms with van der Waals surface area (Å²) in [6, 6.07) is 5.46. The standard InChI is InChI=1S/C27H39N7O3Si/c1-26(2,3)37-25(35)32-13-9-27(8-11-28,10-14-32)34-18-21(17-31-34)23-22-7-12-33(24(22)30-19-29-23)20-36-15-16-38(4,5)6/h7,12,17-19H,8-10,13-16,20H2,1-6H3. The van der Waals surface area contributed by atoms with E-state index in [2.05, 4.69) is 40.8 Å². The van der Waals surface area contributed by atoms with Crippen molar-refractivity contribution in [2.45, 2.75) is 83.6 Å². The van der Waals surface area contributed by atoms with Crippen LogP contribution in [0.5, 0.6) is 0 Å². The molecule has 1 aliphatic rings. The van der Waals surface area contributed by atoms with Crippen molar-refractivity contribution in [3.8, 4) is 17.3 Å². The summed E-state index contributed by atoms with van der Waals surface area (Å²) in [5, 5.41) is 15.2. The smallest absolute Gasteiger partial charge is 0.410 e. The Morgan fingerprint density at radius 2 is 1.95 bits per heavy atom. The van der Waals surface area contributed by atoms with E-state index in [4.69, 9.17) is 9.47 Å². The summed E-state index contributed by atoms with van der Waals surface area (Å²) >= 11 is 0.